The van der Waals surface area contributed by atoms with Crippen molar-refractivity contribution >= 4 is 39.4 Å². The Morgan fingerprint density at radius 2 is 1.24 bits per heavy atom. The minimum atomic E-state index is -0.587. The van der Waals surface area contributed by atoms with Gasteiger partial charge in [0.15, 0.2) is 0 Å². The molecule has 0 heterocycles. The van der Waals surface area contributed by atoms with E-state index < -0.39 is 10.5 Å². The van der Waals surface area contributed by atoms with Crippen LogP contribution in [0.15, 0.2) is 0 Å². The second-order valence-corrected chi connectivity index (χ2v) is 4.48. The number of halogens is 2. The van der Waals surface area contributed by atoms with Crippen LogP contribution in [0.3, 0.4) is 0 Å². The molecule has 1 aromatic rings. The van der Waals surface area contributed by atoms with E-state index in [1.165, 1.54) is 0 Å². The van der Waals surface area contributed by atoms with Gasteiger partial charge in [0.05, 0.1) is 0 Å². The largest absolute Gasteiger partial charge is 0.388 e. The molecule has 0 saturated carbocycles. The lowest BCUT2D eigenvalue weighted by atomic mass is 9.92. The fourth-order valence-corrected chi connectivity index (χ4v) is 2.75. The molecule has 0 aromatic heterocycles. The average molecular weight is 274 g/mol. The topological polar surface area (TPSA) is 46.2 Å². The molecule has 1 rings (SSSR count). The van der Waals surface area contributed by atoms with Crippen molar-refractivity contribution in [1.29, 1.82) is 0 Å². The predicted octanol–water partition coefficient (Wildman–Crippen LogP) is 3.41. The smallest absolute Gasteiger partial charge is 0.253 e. The first-order chi connectivity index (χ1) is 7.82. The van der Waals surface area contributed by atoms with Gasteiger partial charge in [-0.1, -0.05) is 0 Å². The van der Waals surface area contributed by atoms with E-state index in [1.54, 1.807) is 27.8 Å². The van der Waals surface area contributed by atoms with Gasteiger partial charge in [-0.25, -0.2) is 0 Å². The zero-order valence-corrected chi connectivity index (χ0v) is 11.6. The molecule has 0 spiro atoms. The summed E-state index contributed by atoms with van der Waals surface area (Å²) in [5.41, 5.74) is 3.37. The molecular formula is C12H13Cl2NO2. The van der Waals surface area contributed by atoms with Crippen LogP contribution in [0.2, 0.25) is 0 Å². The van der Waals surface area contributed by atoms with Crippen molar-refractivity contribution in [3.05, 3.63) is 27.8 Å². The number of hydrogen-bond acceptors (Lipinski definition) is 3. The monoisotopic (exact) mass is 273 g/mol. The molecule has 0 atom stereocenters. The van der Waals surface area contributed by atoms with Gasteiger partial charge < -0.3 is 5.32 Å². The van der Waals surface area contributed by atoms with Crippen molar-refractivity contribution in [3.8, 4) is 0 Å². The van der Waals surface area contributed by atoms with E-state index in [2.05, 4.69) is 5.32 Å². The Morgan fingerprint density at radius 3 is 1.47 bits per heavy atom. The van der Waals surface area contributed by atoms with Crippen LogP contribution in [-0.4, -0.2) is 17.5 Å². The highest BCUT2D eigenvalue weighted by molar-refractivity contribution is 6.69. The van der Waals surface area contributed by atoms with Crippen LogP contribution < -0.4 is 5.32 Å². The molecule has 0 fully saturated rings. The molecule has 0 aliphatic rings. The first-order valence-electron chi connectivity index (χ1n) is 5.04. The van der Waals surface area contributed by atoms with Gasteiger partial charge in [0.2, 0.25) is 0 Å². The van der Waals surface area contributed by atoms with Crippen LogP contribution in [0.1, 0.15) is 37.4 Å². The molecular weight excluding hydrogens is 261 g/mol. The fraction of sp³-hybridized carbons (Fsp3) is 0.333. The second-order valence-electron chi connectivity index (χ2n) is 3.80. The maximum atomic E-state index is 11.4. The molecule has 0 aliphatic heterocycles. The summed E-state index contributed by atoms with van der Waals surface area (Å²) in [7, 11) is 1.72. The molecule has 0 saturated heterocycles. The minimum absolute atomic E-state index is 0.339. The molecule has 5 heteroatoms. The lowest BCUT2D eigenvalue weighted by Gasteiger charge is -2.18. The number of carbonyl (C=O) groups excluding carboxylic acids is 2. The average Bonchev–Trinajstić information content (AvgIpc) is 2.16. The lowest BCUT2D eigenvalue weighted by Crippen LogP contribution is -2.10. The number of carbonyl (C=O) groups is 2. The highest BCUT2D eigenvalue weighted by atomic mass is 35.5. The standard InChI is InChI=1S/C12H13Cl2NO2/c1-5-8(11(13)16)6(2)10(15-4)7(3)9(5)12(14)17/h15H,1-4H3. The summed E-state index contributed by atoms with van der Waals surface area (Å²) in [4.78, 5) is 22.8. The van der Waals surface area contributed by atoms with E-state index in [-0.39, 0.29) is 0 Å². The van der Waals surface area contributed by atoms with Crippen LogP contribution in [-0.2, 0) is 0 Å². The number of benzene rings is 1. The minimum Gasteiger partial charge on any atom is -0.388 e. The van der Waals surface area contributed by atoms with Crippen molar-refractivity contribution in [3.63, 3.8) is 0 Å². The number of hydrogen-bond donors (Lipinski definition) is 1. The van der Waals surface area contributed by atoms with Gasteiger partial charge in [-0.05, 0) is 60.7 Å². The van der Waals surface area contributed by atoms with Gasteiger partial charge >= 0.3 is 0 Å². The van der Waals surface area contributed by atoms with Gasteiger partial charge in [0.1, 0.15) is 0 Å². The highest BCUT2D eigenvalue weighted by Crippen LogP contribution is 2.32. The first-order valence-corrected chi connectivity index (χ1v) is 5.79. The Bertz CT molecular complexity index is 469. The Balaban J connectivity index is 3.82. The first kappa shape index (κ1) is 14.0. The van der Waals surface area contributed by atoms with Crippen LogP contribution in [0.5, 0.6) is 0 Å². The Hall–Kier alpha value is -1.06. The maximum Gasteiger partial charge on any atom is 0.253 e. The lowest BCUT2D eigenvalue weighted by molar-refractivity contribution is 0.107. The molecule has 3 nitrogen and oxygen atoms in total. The Morgan fingerprint density at radius 1 is 0.882 bits per heavy atom. The van der Waals surface area contributed by atoms with Gasteiger partial charge in [-0.3, -0.25) is 9.59 Å². The van der Waals surface area contributed by atoms with Crippen molar-refractivity contribution in [2.24, 2.45) is 0 Å². The van der Waals surface area contributed by atoms with E-state index in [0.29, 0.717) is 22.4 Å². The maximum absolute atomic E-state index is 11.4. The third-order valence-corrected chi connectivity index (χ3v) is 3.27. The normalized spacial score (nSPS) is 10.2. The van der Waals surface area contributed by atoms with E-state index >= 15 is 0 Å². The zero-order chi connectivity index (χ0) is 13.3. The molecule has 92 valence electrons. The van der Waals surface area contributed by atoms with Gasteiger partial charge in [-0.15, -0.1) is 0 Å². The van der Waals surface area contributed by atoms with Crippen molar-refractivity contribution in [2.45, 2.75) is 20.8 Å². The van der Waals surface area contributed by atoms with Gasteiger partial charge in [0.25, 0.3) is 10.5 Å². The summed E-state index contributed by atoms with van der Waals surface area (Å²) >= 11 is 11.1. The molecule has 1 N–H and O–H groups in total. The van der Waals surface area contributed by atoms with Crippen molar-refractivity contribution < 1.29 is 9.59 Å². The third kappa shape index (κ3) is 2.31. The molecule has 0 amide bonds. The van der Waals surface area contributed by atoms with Crippen molar-refractivity contribution in [1.82, 2.24) is 0 Å². The SMILES string of the molecule is CNc1c(C)c(C(=O)Cl)c(C)c(C(=O)Cl)c1C. The second kappa shape index (κ2) is 5.07. The van der Waals surface area contributed by atoms with Crippen LogP contribution >= 0.6 is 23.2 Å². The third-order valence-electron chi connectivity index (χ3n) is 2.89. The summed E-state index contributed by atoms with van der Waals surface area (Å²) in [6.45, 7) is 5.23. The Labute approximate surface area is 110 Å². The summed E-state index contributed by atoms with van der Waals surface area (Å²) < 4.78 is 0. The Kier molecular flexibility index (Phi) is 4.17. The predicted molar refractivity (Wildman–Crippen MR) is 70.6 cm³/mol. The molecule has 1 aromatic carbocycles. The molecule has 0 radical (unpaired) electrons. The molecule has 0 bridgehead atoms. The quantitative estimate of drug-likeness (QED) is 0.859. The number of rotatable bonds is 3. The fourth-order valence-electron chi connectivity index (χ4n) is 2.18. The number of nitrogens with one attached hydrogen (secondary N) is 1. The van der Waals surface area contributed by atoms with Gasteiger partial charge in [-0.2, -0.15) is 0 Å². The number of anilines is 1. The van der Waals surface area contributed by atoms with E-state index in [0.717, 1.165) is 11.1 Å². The molecule has 17 heavy (non-hydrogen) atoms. The van der Waals surface area contributed by atoms with E-state index in [1.807, 2.05) is 0 Å². The molecule has 0 unspecified atom stereocenters. The summed E-state index contributed by atoms with van der Waals surface area (Å²) in [5, 5.41) is 1.78. The van der Waals surface area contributed by atoms with E-state index in [9.17, 15) is 9.59 Å². The summed E-state index contributed by atoms with van der Waals surface area (Å²) in [6.07, 6.45) is 0. The zero-order valence-electron chi connectivity index (χ0n) is 10.1. The van der Waals surface area contributed by atoms with E-state index in [4.69, 9.17) is 23.2 Å². The summed E-state index contributed by atoms with van der Waals surface area (Å²) in [6, 6.07) is 0. The van der Waals surface area contributed by atoms with Gasteiger partial charge in [0, 0.05) is 23.9 Å². The van der Waals surface area contributed by atoms with Crippen LogP contribution in [0.4, 0.5) is 5.69 Å². The van der Waals surface area contributed by atoms with Crippen LogP contribution in [0, 0.1) is 20.8 Å². The molecule has 0 aliphatic carbocycles. The summed E-state index contributed by atoms with van der Waals surface area (Å²) in [5.74, 6) is 0. The highest BCUT2D eigenvalue weighted by Gasteiger charge is 2.22. The van der Waals surface area contributed by atoms with Crippen LogP contribution in [0.25, 0.3) is 0 Å². The van der Waals surface area contributed by atoms with Crippen molar-refractivity contribution in [2.75, 3.05) is 12.4 Å².